The first-order valence-corrected chi connectivity index (χ1v) is 12.5. The maximum Gasteiger partial charge on any atom is 0.252 e. The molecule has 1 fully saturated rings. The Hall–Kier alpha value is -1.26. The second kappa shape index (κ2) is 9.04. The van der Waals surface area contributed by atoms with Gasteiger partial charge < -0.3 is 10.2 Å². The number of thiophene rings is 2. The molecule has 0 saturated carbocycles. The Bertz CT molecular complexity index is 891. The number of likely N-dealkylation sites (N-methyl/N-ethyl adjacent to an activating group) is 1. The summed E-state index contributed by atoms with van der Waals surface area (Å²) in [5.74, 6) is -0.374. The van der Waals surface area contributed by atoms with Crippen molar-refractivity contribution in [3.8, 4) is 0 Å². The molecule has 2 aromatic rings. The molecule has 1 aliphatic heterocycles. The van der Waals surface area contributed by atoms with Crippen molar-refractivity contribution in [2.45, 2.75) is 30.0 Å². The fraction of sp³-hybridized carbons (Fsp3) is 0.526. The van der Waals surface area contributed by atoms with Crippen LogP contribution in [0.3, 0.4) is 0 Å². The van der Waals surface area contributed by atoms with Crippen molar-refractivity contribution in [2.24, 2.45) is 5.92 Å². The molecule has 28 heavy (non-hydrogen) atoms. The van der Waals surface area contributed by atoms with Crippen LogP contribution in [0.25, 0.3) is 0 Å². The fourth-order valence-electron chi connectivity index (χ4n) is 3.41. The van der Waals surface area contributed by atoms with E-state index in [4.69, 9.17) is 0 Å². The molecule has 6 nitrogen and oxygen atoms in total. The van der Waals surface area contributed by atoms with E-state index in [9.17, 15) is 13.2 Å². The molecule has 0 bridgehead atoms. The number of hydrogen-bond acceptors (Lipinski definition) is 6. The number of hydrogen-bond donors (Lipinski definition) is 1. The molecule has 0 spiro atoms. The van der Waals surface area contributed by atoms with Crippen LogP contribution >= 0.6 is 22.7 Å². The normalized spacial score (nSPS) is 19.6. The molecule has 154 valence electrons. The number of carbonyl (C=O) groups is 1. The zero-order chi connectivity index (χ0) is 20.3. The Morgan fingerprint density at radius 2 is 2.14 bits per heavy atom. The second-order valence-electron chi connectivity index (χ2n) is 7.31. The average Bonchev–Trinajstić information content (AvgIpc) is 3.34. The minimum absolute atomic E-state index is 0.0642. The predicted octanol–water partition coefficient (Wildman–Crippen LogP) is 2.94. The van der Waals surface area contributed by atoms with Crippen molar-refractivity contribution in [3.05, 3.63) is 39.4 Å². The Kier molecular flexibility index (Phi) is 6.93. The molecule has 3 heterocycles. The van der Waals surface area contributed by atoms with Crippen LogP contribution in [-0.4, -0.2) is 57.3 Å². The Balaban J connectivity index is 1.63. The second-order valence-corrected chi connectivity index (χ2v) is 11.7. The largest absolute Gasteiger partial charge is 0.354 e. The number of amides is 1. The van der Waals surface area contributed by atoms with Gasteiger partial charge in [0.15, 0.2) is 0 Å². The highest BCUT2D eigenvalue weighted by molar-refractivity contribution is 7.91. The summed E-state index contributed by atoms with van der Waals surface area (Å²) in [6.45, 7) is 3.12. The van der Waals surface area contributed by atoms with Crippen molar-refractivity contribution >= 4 is 38.6 Å². The van der Waals surface area contributed by atoms with Crippen LogP contribution < -0.4 is 5.32 Å². The molecule has 3 rings (SSSR count). The van der Waals surface area contributed by atoms with E-state index in [0.717, 1.165) is 4.88 Å². The lowest BCUT2D eigenvalue weighted by atomic mass is 9.98. The number of nitrogens with zero attached hydrogens (tertiary/aromatic N) is 2. The number of aryl methyl sites for hydroxylation is 1. The molecular weight excluding hydrogens is 414 g/mol. The minimum atomic E-state index is -3.52. The van der Waals surface area contributed by atoms with E-state index in [1.807, 2.05) is 38.5 Å². The smallest absolute Gasteiger partial charge is 0.252 e. The van der Waals surface area contributed by atoms with Crippen molar-refractivity contribution in [2.75, 3.05) is 33.7 Å². The molecule has 0 aliphatic carbocycles. The number of carbonyl (C=O) groups excluding carboxylic acids is 1. The van der Waals surface area contributed by atoms with E-state index in [2.05, 4.69) is 16.3 Å². The van der Waals surface area contributed by atoms with Gasteiger partial charge in [-0.1, -0.05) is 6.07 Å². The highest BCUT2D eigenvalue weighted by Crippen LogP contribution is 2.28. The zero-order valence-corrected chi connectivity index (χ0v) is 18.9. The predicted molar refractivity (Wildman–Crippen MR) is 114 cm³/mol. The Labute approximate surface area is 175 Å². The van der Waals surface area contributed by atoms with Gasteiger partial charge in [-0.3, -0.25) is 4.79 Å². The number of nitrogens with one attached hydrogen (secondary N) is 1. The van der Waals surface area contributed by atoms with Gasteiger partial charge >= 0.3 is 0 Å². The number of sulfonamides is 1. The quantitative estimate of drug-likeness (QED) is 0.717. The molecule has 1 amide bonds. The van der Waals surface area contributed by atoms with E-state index in [1.54, 1.807) is 17.4 Å². The van der Waals surface area contributed by atoms with Gasteiger partial charge in [0.2, 0.25) is 5.91 Å². The third kappa shape index (κ3) is 4.83. The molecule has 2 atom stereocenters. The maximum absolute atomic E-state index is 12.9. The molecule has 1 aliphatic rings. The van der Waals surface area contributed by atoms with E-state index in [0.29, 0.717) is 30.1 Å². The SMILES string of the molecule is Cc1ccc(S(=O)(=O)N2CCCC(C(=O)NCC(c3cccs3)N(C)C)C2)s1. The van der Waals surface area contributed by atoms with Crippen molar-refractivity contribution in [3.63, 3.8) is 0 Å². The van der Waals surface area contributed by atoms with Crippen molar-refractivity contribution in [1.29, 1.82) is 0 Å². The maximum atomic E-state index is 12.9. The summed E-state index contributed by atoms with van der Waals surface area (Å²) in [7, 11) is 0.467. The van der Waals surface area contributed by atoms with E-state index in [1.165, 1.54) is 20.5 Å². The van der Waals surface area contributed by atoms with Gasteiger partial charge in [0.25, 0.3) is 10.0 Å². The minimum Gasteiger partial charge on any atom is -0.354 e. The summed E-state index contributed by atoms with van der Waals surface area (Å²) in [5.41, 5.74) is 0. The third-order valence-electron chi connectivity index (χ3n) is 5.03. The topological polar surface area (TPSA) is 69.7 Å². The summed E-state index contributed by atoms with van der Waals surface area (Å²) in [5, 5.41) is 5.08. The average molecular weight is 442 g/mol. The van der Waals surface area contributed by atoms with E-state index < -0.39 is 10.0 Å². The summed E-state index contributed by atoms with van der Waals surface area (Å²) < 4.78 is 27.6. The summed E-state index contributed by atoms with van der Waals surface area (Å²) >= 11 is 2.95. The van der Waals surface area contributed by atoms with Crippen LogP contribution in [0.2, 0.25) is 0 Å². The molecule has 0 aromatic carbocycles. The number of piperidine rings is 1. The van der Waals surface area contributed by atoms with Gasteiger partial charge in [-0.2, -0.15) is 4.31 Å². The summed E-state index contributed by atoms with van der Waals surface area (Å²) in [4.78, 5) is 17.0. The molecule has 1 saturated heterocycles. The van der Waals surface area contributed by atoms with Crippen LogP contribution in [0.15, 0.2) is 33.9 Å². The van der Waals surface area contributed by atoms with Crippen molar-refractivity contribution < 1.29 is 13.2 Å². The highest BCUT2D eigenvalue weighted by atomic mass is 32.2. The molecular formula is C19H27N3O3S3. The highest BCUT2D eigenvalue weighted by Gasteiger charge is 2.34. The van der Waals surface area contributed by atoms with Gasteiger partial charge in [-0.25, -0.2) is 8.42 Å². The molecule has 2 unspecified atom stereocenters. The van der Waals surface area contributed by atoms with Crippen LogP contribution in [0.1, 0.15) is 28.6 Å². The van der Waals surface area contributed by atoms with Gasteiger partial charge in [0, 0.05) is 29.4 Å². The fourth-order valence-corrected chi connectivity index (χ4v) is 7.30. The van der Waals surface area contributed by atoms with Crippen LogP contribution in [0.4, 0.5) is 0 Å². The zero-order valence-electron chi connectivity index (χ0n) is 16.4. The van der Waals surface area contributed by atoms with E-state index in [-0.39, 0.29) is 24.4 Å². The molecule has 9 heteroatoms. The molecule has 0 radical (unpaired) electrons. The van der Waals surface area contributed by atoms with Crippen LogP contribution in [0.5, 0.6) is 0 Å². The van der Waals surface area contributed by atoms with Crippen molar-refractivity contribution in [1.82, 2.24) is 14.5 Å². The van der Waals surface area contributed by atoms with Crippen LogP contribution in [-0.2, 0) is 14.8 Å². The van der Waals surface area contributed by atoms with Gasteiger partial charge in [-0.05, 0) is 57.4 Å². The third-order valence-corrected chi connectivity index (χ3v) is 9.34. The van der Waals surface area contributed by atoms with Gasteiger partial charge in [-0.15, -0.1) is 22.7 Å². The van der Waals surface area contributed by atoms with Gasteiger partial charge in [0.05, 0.1) is 12.0 Å². The first-order valence-electron chi connectivity index (χ1n) is 9.33. The Morgan fingerprint density at radius 1 is 1.36 bits per heavy atom. The molecule has 1 N–H and O–H groups in total. The lowest BCUT2D eigenvalue weighted by Gasteiger charge is -2.31. The standard InChI is InChI=1S/C19H27N3O3S3/c1-14-8-9-18(27-14)28(24,25)22-10-4-6-15(13-22)19(23)20-12-16(21(2)3)17-7-5-11-26-17/h5,7-9,11,15-16H,4,6,10,12-13H2,1-3H3,(H,20,23). The Morgan fingerprint density at radius 3 is 2.75 bits per heavy atom. The summed E-state index contributed by atoms with van der Waals surface area (Å²) in [6.07, 6.45) is 1.41. The lowest BCUT2D eigenvalue weighted by Crippen LogP contribution is -2.46. The van der Waals surface area contributed by atoms with Gasteiger partial charge in [0.1, 0.15) is 4.21 Å². The lowest BCUT2D eigenvalue weighted by molar-refractivity contribution is -0.126. The monoisotopic (exact) mass is 441 g/mol. The van der Waals surface area contributed by atoms with Crippen LogP contribution in [0, 0.1) is 12.8 Å². The molecule has 2 aromatic heterocycles. The summed E-state index contributed by atoms with van der Waals surface area (Å²) in [6, 6.07) is 7.66. The first kappa shape index (κ1) is 21.4. The first-order chi connectivity index (χ1) is 13.3. The number of rotatable bonds is 7. The van der Waals surface area contributed by atoms with E-state index >= 15 is 0 Å².